The fourth-order valence-corrected chi connectivity index (χ4v) is 2.81. The van der Waals surface area contributed by atoms with Gasteiger partial charge in [0.1, 0.15) is 17.5 Å². The minimum Gasteiger partial charge on any atom is -0.329 e. The zero-order valence-electron chi connectivity index (χ0n) is 15.2. The van der Waals surface area contributed by atoms with Gasteiger partial charge >= 0.3 is 0 Å². The number of halogens is 2. The van der Waals surface area contributed by atoms with Crippen LogP contribution >= 0.6 is 0 Å². The third kappa shape index (κ3) is 3.99. The van der Waals surface area contributed by atoms with Crippen molar-refractivity contribution < 1.29 is 8.78 Å². The molecule has 0 spiro atoms. The lowest BCUT2D eigenvalue weighted by molar-refractivity contribution is 0.309. The summed E-state index contributed by atoms with van der Waals surface area (Å²) < 4.78 is 29.1. The van der Waals surface area contributed by atoms with E-state index in [1.807, 2.05) is 43.7 Å². The van der Waals surface area contributed by atoms with E-state index in [4.69, 9.17) is 5.73 Å². The monoisotopic (exact) mass is 355 g/mol. The predicted molar refractivity (Wildman–Crippen MR) is 99.5 cm³/mol. The van der Waals surface area contributed by atoms with Crippen LogP contribution in [0.4, 0.5) is 8.78 Å². The zero-order chi connectivity index (χ0) is 18.9. The molecule has 0 saturated carbocycles. The van der Waals surface area contributed by atoms with Crippen LogP contribution in [0.1, 0.15) is 38.2 Å². The van der Waals surface area contributed by atoms with Gasteiger partial charge in [-0.2, -0.15) is 0 Å². The summed E-state index contributed by atoms with van der Waals surface area (Å²) in [5.74, 6) is 0.0968. The van der Waals surface area contributed by atoms with Gasteiger partial charge in [-0.25, -0.2) is 13.8 Å². The molecule has 0 fully saturated rings. The van der Waals surface area contributed by atoms with Crippen molar-refractivity contribution in [3.05, 3.63) is 77.8 Å². The van der Waals surface area contributed by atoms with Crippen LogP contribution in [0.15, 0.2) is 54.7 Å². The Kier molecular flexibility index (Phi) is 4.92. The fourth-order valence-electron chi connectivity index (χ4n) is 2.81. The van der Waals surface area contributed by atoms with Crippen LogP contribution in [0.5, 0.6) is 0 Å². The number of nitrogens with two attached hydrogens (primary N) is 1. The van der Waals surface area contributed by atoms with E-state index in [0.717, 1.165) is 5.56 Å². The summed E-state index contributed by atoms with van der Waals surface area (Å²) in [6.07, 6.45) is 1.85. The molecule has 3 aromatic rings. The zero-order valence-corrected chi connectivity index (χ0v) is 15.2. The average Bonchev–Trinajstić information content (AvgIpc) is 2.97. The van der Waals surface area contributed by atoms with Crippen molar-refractivity contribution in [1.82, 2.24) is 9.55 Å². The fraction of sp³-hybridized carbons (Fsp3) is 0.286. The van der Waals surface area contributed by atoms with Crippen molar-refractivity contribution in [2.24, 2.45) is 11.1 Å². The van der Waals surface area contributed by atoms with Gasteiger partial charge in [0.15, 0.2) is 0 Å². The Labute approximate surface area is 152 Å². The number of imidazole rings is 1. The maximum Gasteiger partial charge on any atom is 0.127 e. The number of hydrogen-bond donors (Lipinski definition) is 1. The van der Waals surface area contributed by atoms with Gasteiger partial charge in [-0.15, -0.1) is 0 Å². The normalized spacial score (nSPS) is 13.0. The minimum atomic E-state index is -0.321. The molecule has 0 amide bonds. The van der Waals surface area contributed by atoms with E-state index in [1.165, 1.54) is 24.3 Å². The second kappa shape index (κ2) is 7.00. The van der Waals surface area contributed by atoms with Crippen molar-refractivity contribution in [3.63, 3.8) is 0 Å². The average molecular weight is 355 g/mol. The molecule has 5 heteroatoms. The van der Waals surface area contributed by atoms with Gasteiger partial charge in [-0.1, -0.05) is 45.0 Å². The molecule has 0 radical (unpaired) electrons. The molecule has 3 nitrogen and oxygen atoms in total. The summed E-state index contributed by atoms with van der Waals surface area (Å²) in [7, 11) is 0. The van der Waals surface area contributed by atoms with Gasteiger partial charge in [-0.3, -0.25) is 0 Å². The summed E-state index contributed by atoms with van der Waals surface area (Å²) in [5.41, 5.74) is 8.39. The number of nitrogens with zero attached hydrogens (tertiary/aromatic N) is 2. The highest BCUT2D eigenvalue weighted by molar-refractivity contribution is 5.58. The molecule has 0 unspecified atom stereocenters. The highest BCUT2D eigenvalue weighted by atomic mass is 19.1. The number of aromatic nitrogens is 2. The van der Waals surface area contributed by atoms with Gasteiger partial charge < -0.3 is 10.3 Å². The van der Waals surface area contributed by atoms with E-state index >= 15 is 0 Å². The van der Waals surface area contributed by atoms with Crippen LogP contribution in [0.2, 0.25) is 0 Å². The van der Waals surface area contributed by atoms with Crippen molar-refractivity contribution in [3.8, 4) is 11.3 Å². The molecule has 0 aliphatic carbocycles. The Morgan fingerprint density at radius 1 is 1.04 bits per heavy atom. The van der Waals surface area contributed by atoms with Crippen molar-refractivity contribution in [2.45, 2.75) is 33.4 Å². The molecule has 2 aromatic carbocycles. The molecule has 1 aromatic heterocycles. The SMILES string of the molecule is CC(C)(C)[C@@H](N)c1nc(-c2cccc(F)c2)cn1Cc1cccc(F)c1. The molecular weight excluding hydrogens is 332 g/mol. The highest BCUT2D eigenvalue weighted by Gasteiger charge is 2.27. The standard InChI is InChI=1S/C21H23F2N3/c1-21(2,3)19(24)20-25-18(15-7-5-9-17(23)11-15)13-26(20)12-14-6-4-8-16(22)10-14/h4-11,13,19H,12,24H2,1-3H3/t19-/m0/s1. The van der Waals surface area contributed by atoms with E-state index in [-0.39, 0.29) is 23.1 Å². The third-order valence-corrected chi connectivity index (χ3v) is 4.38. The molecule has 0 aliphatic heterocycles. The quantitative estimate of drug-likeness (QED) is 0.722. The van der Waals surface area contributed by atoms with Crippen LogP contribution in [-0.2, 0) is 6.54 Å². The van der Waals surface area contributed by atoms with Crippen LogP contribution in [-0.4, -0.2) is 9.55 Å². The van der Waals surface area contributed by atoms with Gasteiger partial charge in [0.05, 0.1) is 11.7 Å². The van der Waals surface area contributed by atoms with E-state index in [0.29, 0.717) is 23.6 Å². The summed E-state index contributed by atoms with van der Waals surface area (Å²) in [5, 5.41) is 0. The first-order chi connectivity index (χ1) is 12.2. The van der Waals surface area contributed by atoms with Gasteiger partial charge in [0.25, 0.3) is 0 Å². The topological polar surface area (TPSA) is 43.8 Å². The van der Waals surface area contributed by atoms with Crippen LogP contribution in [0.3, 0.4) is 0 Å². The lowest BCUT2D eigenvalue weighted by Crippen LogP contribution is -2.29. The maximum absolute atomic E-state index is 13.6. The highest BCUT2D eigenvalue weighted by Crippen LogP contribution is 2.32. The summed E-state index contributed by atoms with van der Waals surface area (Å²) in [4.78, 5) is 4.68. The second-order valence-corrected chi connectivity index (χ2v) is 7.60. The summed E-state index contributed by atoms with van der Waals surface area (Å²) in [6, 6.07) is 12.4. The Morgan fingerprint density at radius 2 is 1.69 bits per heavy atom. The van der Waals surface area contributed by atoms with E-state index in [9.17, 15) is 8.78 Å². The van der Waals surface area contributed by atoms with E-state index < -0.39 is 0 Å². The Morgan fingerprint density at radius 3 is 2.31 bits per heavy atom. The van der Waals surface area contributed by atoms with Gasteiger partial charge in [0, 0.05) is 18.3 Å². The van der Waals surface area contributed by atoms with Crippen LogP contribution < -0.4 is 5.73 Å². The number of rotatable bonds is 4. The first-order valence-electron chi connectivity index (χ1n) is 8.57. The van der Waals surface area contributed by atoms with Gasteiger partial charge in [-0.05, 0) is 35.2 Å². The molecule has 1 heterocycles. The first kappa shape index (κ1) is 18.3. The van der Waals surface area contributed by atoms with E-state index in [1.54, 1.807) is 12.1 Å². The second-order valence-electron chi connectivity index (χ2n) is 7.60. The van der Waals surface area contributed by atoms with Crippen molar-refractivity contribution >= 4 is 0 Å². The van der Waals surface area contributed by atoms with Crippen LogP contribution in [0, 0.1) is 17.0 Å². The number of hydrogen-bond acceptors (Lipinski definition) is 2. The predicted octanol–water partition coefficient (Wildman–Crippen LogP) is 4.92. The Balaban J connectivity index is 2.05. The molecule has 0 bridgehead atoms. The Bertz CT molecular complexity index is 910. The molecule has 0 saturated heterocycles. The molecule has 0 aliphatic rings. The summed E-state index contributed by atoms with van der Waals surface area (Å²) in [6.45, 7) is 6.57. The molecule has 3 rings (SSSR count). The molecule has 136 valence electrons. The smallest absolute Gasteiger partial charge is 0.127 e. The third-order valence-electron chi connectivity index (χ3n) is 4.38. The van der Waals surface area contributed by atoms with Crippen molar-refractivity contribution in [1.29, 1.82) is 0 Å². The first-order valence-corrected chi connectivity index (χ1v) is 8.57. The lowest BCUT2D eigenvalue weighted by Gasteiger charge is -2.27. The van der Waals surface area contributed by atoms with Crippen molar-refractivity contribution in [2.75, 3.05) is 0 Å². The van der Waals surface area contributed by atoms with Gasteiger partial charge in [0.2, 0.25) is 0 Å². The largest absolute Gasteiger partial charge is 0.329 e. The lowest BCUT2D eigenvalue weighted by atomic mass is 9.87. The van der Waals surface area contributed by atoms with Crippen LogP contribution in [0.25, 0.3) is 11.3 Å². The molecular formula is C21H23F2N3. The number of benzene rings is 2. The molecule has 26 heavy (non-hydrogen) atoms. The van der Waals surface area contributed by atoms with E-state index in [2.05, 4.69) is 4.98 Å². The Hall–Kier alpha value is -2.53. The minimum absolute atomic E-state index is 0.204. The molecule has 2 N–H and O–H groups in total. The maximum atomic E-state index is 13.6. The molecule has 1 atom stereocenters. The summed E-state index contributed by atoms with van der Waals surface area (Å²) >= 11 is 0.